The van der Waals surface area contributed by atoms with Gasteiger partial charge in [0, 0.05) is 71.4 Å². The molecule has 6 aromatic rings. The topological polar surface area (TPSA) is 104 Å². The van der Waals surface area contributed by atoms with Crippen LogP contribution in [0.25, 0.3) is 32.9 Å². The summed E-state index contributed by atoms with van der Waals surface area (Å²) in [6.07, 6.45) is 1.24. The summed E-state index contributed by atoms with van der Waals surface area (Å²) in [5.74, 6) is 0.304. The number of methoxy groups -OCH3 is 1. The van der Waals surface area contributed by atoms with Crippen LogP contribution in [0.2, 0.25) is 10.0 Å². The van der Waals surface area contributed by atoms with Crippen LogP contribution in [0.1, 0.15) is 68.3 Å². The standard InChI is InChI=1S/C41H43Cl2N5O5/c1-22-17-29(18-23(2)37(22)43)53-15-8-9-30-31-11-12-32(42)36(35-25(4)44-45(6)26(35)5)38(31)48-24(3)21-47(40(49)39(30)48)34-20-28-19-27(41(50)51)10-13-33(28)46(34)14-16-52-7/h10-13,17-20,24H,8-9,14-16,21H2,1-7H3,(H,50,51)/t24-/m1/s1. The summed E-state index contributed by atoms with van der Waals surface area (Å²) < 4.78 is 17.8. The normalized spacial score (nSPS) is 14.5. The second-order valence-electron chi connectivity index (χ2n) is 14.0. The van der Waals surface area contributed by atoms with Crippen molar-refractivity contribution in [3.8, 4) is 16.9 Å². The summed E-state index contributed by atoms with van der Waals surface area (Å²) >= 11 is 13.5. The molecular formula is C41H43Cl2N5O5. The van der Waals surface area contributed by atoms with Crippen LogP contribution in [-0.2, 0) is 24.8 Å². The first kappa shape index (κ1) is 36.6. The number of ether oxygens (including phenoxy) is 2. The van der Waals surface area contributed by atoms with Crippen molar-refractivity contribution in [3.05, 3.63) is 97.9 Å². The van der Waals surface area contributed by atoms with Crippen molar-refractivity contribution in [2.45, 2.75) is 60.0 Å². The monoisotopic (exact) mass is 755 g/mol. The number of fused-ring (bicyclic) bond motifs is 4. The summed E-state index contributed by atoms with van der Waals surface area (Å²) in [6, 6.07) is 14.7. The van der Waals surface area contributed by atoms with Gasteiger partial charge in [-0.05, 0) is 107 Å². The number of hydrogen-bond acceptors (Lipinski definition) is 5. The van der Waals surface area contributed by atoms with Crippen LogP contribution in [0.3, 0.4) is 0 Å². The van der Waals surface area contributed by atoms with Crippen molar-refractivity contribution >= 4 is 62.7 Å². The maximum Gasteiger partial charge on any atom is 0.335 e. The molecule has 1 aliphatic rings. The molecule has 0 saturated heterocycles. The Morgan fingerprint density at radius 3 is 2.40 bits per heavy atom. The van der Waals surface area contributed by atoms with E-state index in [0.717, 1.165) is 71.8 Å². The van der Waals surface area contributed by atoms with Gasteiger partial charge in [-0.1, -0.05) is 29.3 Å². The van der Waals surface area contributed by atoms with E-state index in [0.29, 0.717) is 55.7 Å². The third-order valence-electron chi connectivity index (χ3n) is 10.5. The summed E-state index contributed by atoms with van der Waals surface area (Å²) in [6.45, 7) is 11.8. The molecule has 276 valence electrons. The number of amides is 1. The van der Waals surface area contributed by atoms with Gasteiger partial charge in [0.2, 0.25) is 0 Å². The van der Waals surface area contributed by atoms with Crippen molar-refractivity contribution in [2.24, 2.45) is 7.05 Å². The first-order chi connectivity index (χ1) is 25.3. The van der Waals surface area contributed by atoms with Crippen LogP contribution in [-0.4, -0.2) is 62.8 Å². The van der Waals surface area contributed by atoms with E-state index in [1.54, 1.807) is 25.3 Å². The van der Waals surface area contributed by atoms with Gasteiger partial charge in [0.1, 0.15) is 17.3 Å². The number of carboxylic acids is 1. The molecule has 0 unspecified atom stereocenters. The van der Waals surface area contributed by atoms with Gasteiger partial charge in [-0.15, -0.1) is 0 Å². The van der Waals surface area contributed by atoms with Crippen LogP contribution in [0.5, 0.6) is 5.75 Å². The van der Waals surface area contributed by atoms with Gasteiger partial charge in [0.25, 0.3) is 5.91 Å². The van der Waals surface area contributed by atoms with E-state index in [1.165, 1.54) is 0 Å². The highest BCUT2D eigenvalue weighted by atomic mass is 35.5. The number of aromatic nitrogens is 4. The molecule has 0 fully saturated rings. The lowest BCUT2D eigenvalue weighted by Crippen LogP contribution is -2.43. The predicted molar refractivity (Wildman–Crippen MR) is 211 cm³/mol. The number of hydrogen-bond donors (Lipinski definition) is 1. The second kappa shape index (κ2) is 14.2. The van der Waals surface area contributed by atoms with Gasteiger partial charge >= 0.3 is 5.97 Å². The van der Waals surface area contributed by atoms with Crippen LogP contribution in [0, 0.1) is 27.7 Å². The summed E-state index contributed by atoms with van der Waals surface area (Å²) in [5.41, 5.74) is 9.05. The molecule has 1 aliphatic heterocycles. The fourth-order valence-corrected chi connectivity index (χ4v) is 8.31. The Balaban J connectivity index is 1.38. The average molecular weight is 757 g/mol. The molecule has 0 spiro atoms. The Morgan fingerprint density at radius 1 is 1.00 bits per heavy atom. The molecule has 4 heterocycles. The Morgan fingerprint density at radius 2 is 1.74 bits per heavy atom. The third kappa shape index (κ3) is 6.26. The molecule has 10 nitrogen and oxygen atoms in total. The number of aryl methyl sites for hydroxylation is 5. The predicted octanol–water partition coefficient (Wildman–Crippen LogP) is 9.11. The molecule has 0 bridgehead atoms. The quantitative estimate of drug-likeness (QED) is 0.132. The highest BCUT2D eigenvalue weighted by molar-refractivity contribution is 6.35. The number of halogens is 2. The van der Waals surface area contributed by atoms with Crippen molar-refractivity contribution in [1.29, 1.82) is 0 Å². The molecular weight excluding hydrogens is 713 g/mol. The number of anilines is 1. The fourth-order valence-electron chi connectivity index (χ4n) is 7.96. The van der Waals surface area contributed by atoms with Crippen LogP contribution < -0.4 is 9.64 Å². The van der Waals surface area contributed by atoms with Crippen LogP contribution >= 0.6 is 23.2 Å². The maximum absolute atomic E-state index is 15.1. The number of nitrogens with zero attached hydrogens (tertiary/aromatic N) is 5. The van der Waals surface area contributed by atoms with Crippen molar-refractivity contribution in [3.63, 3.8) is 0 Å². The average Bonchev–Trinajstić information content (AvgIpc) is 3.74. The van der Waals surface area contributed by atoms with E-state index in [2.05, 4.69) is 11.5 Å². The van der Waals surface area contributed by atoms with E-state index in [4.69, 9.17) is 37.8 Å². The minimum Gasteiger partial charge on any atom is -0.494 e. The molecule has 3 aromatic carbocycles. The van der Waals surface area contributed by atoms with Crippen LogP contribution in [0.15, 0.2) is 48.5 Å². The Hall–Kier alpha value is -4.77. The van der Waals surface area contributed by atoms with Crippen molar-refractivity contribution in [2.75, 3.05) is 31.8 Å². The van der Waals surface area contributed by atoms with E-state index in [9.17, 15) is 9.90 Å². The molecule has 12 heteroatoms. The molecule has 3 aromatic heterocycles. The lowest BCUT2D eigenvalue weighted by molar-refractivity contribution is 0.0696. The molecule has 53 heavy (non-hydrogen) atoms. The third-order valence-corrected chi connectivity index (χ3v) is 11.4. The number of benzene rings is 3. The van der Waals surface area contributed by atoms with Gasteiger partial charge in [-0.25, -0.2) is 4.79 Å². The van der Waals surface area contributed by atoms with Gasteiger partial charge < -0.3 is 23.7 Å². The minimum absolute atomic E-state index is 0.138. The summed E-state index contributed by atoms with van der Waals surface area (Å²) in [4.78, 5) is 28.8. The van der Waals surface area contributed by atoms with Crippen molar-refractivity contribution in [1.82, 2.24) is 18.9 Å². The van der Waals surface area contributed by atoms with Gasteiger partial charge in [0.05, 0.1) is 35.0 Å². The molecule has 1 N–H and O–H groups in total. The summed E-state index contributed by atoms with van der Waals surface area (Å²) in [5, 5.41) is 17.5. The zero-order valence-electron chi connectivity index (χ0n) is 31.0. The maximum atomic E-state index is 15.1. The molecule has 1 atom stereocenters. The Kier molecular flexibility index (Phi) is 9.82. The SMILES string of the molecule is COCCn1c(N2C[C@@H](C)n3c(c(CCCOc4cc(C)c(Cl)c(C)c4)c4ccc(Cl)c(-c5c(C)nn(C)c5C)c43)C2=O)cc2cc(C(=O)O)ccc21. The minimum atomic E-state index is -1.01. The summed E-state index contributed by atoms with van der Waals surface area (Å²) in [7, 11) is 3.56. The van der Waals surface area contributed by atoms with Crippen LogP contribution in [0.4, 0.5) is 5.82 Å². The van der Waals surface area contributed by atoms with E-state index >= 15 is 4.79 Å². The molecule has 0 radical (unpaired) electrons. The fraction of sp³-hybridized carbons (Fsp3) is 0.341. The molecule has 0 saturated carbocycles. The number of carbonyl (C=O) groups excluding carboxylic acids is 1. The first-order valence-corrected chi connectivity index (χ1v) is 18.5. The largest absolute Gasteiger partial charge is 0.494 e. The van der Waals surface area contributed by atoms with Gasteiger partial charge in [-0.3, -0.25) is 14.4 Å². The van der Waals surface area contributed by atoms with Gasteiger partial charge in [-0.2, -0.15) is 5.10 Å². The zero-order chi connectivity index (χ0) is 37.9. The Labute approximate surface area is 318 Å². The zero-order valence-corrected chi connectivity index (χ0v) is 32.5. The van der Waals surface area contributed by atoms with Gasteiger partial charge in [0.15, 0.2) is 0 Å². The van der Waals surface area contributed by atoms with E-state index < -0.39 is 5.97 Å². The number of carbonyl (C=O) groups is 2. The lowest BCUT2D eigenvalue weighted by atomic mass is 9.98. The smallest absolute Gasteiger partial charge is 0.335 e. The highest BCUT2D eigenvalue weighted by Gasteiger charge is 2.38. The number of aromatic carboxylic acids is 1. The number of rotatable bonds is 11. The van der Waals surface area contributed by atoms with Crippen molar-refractivity contribution < 1.29 is 24.2 Å². The lowest BCUT2D eigenvalue weighted by Gasteiger charge is -2.34. The van der Waals surface area contributed by atoms with E-state index in [-0.39, 0.29) is 17.5 Å². The van der Waals surface area contributed by atoms with E-state index in [1.807, 2.05) is 79.2 Å². The molecule has 0 aliphatic carbocycles. The second-order valence-corrected chi connectivity index (χ2v) is 14.8. The molecule has 7 rings (SSSR count). The Bertz CT molecular complexity index is 2420. The molecule has 1 amide bonds. The highest BCUT2D eigenvalue weighted by Crippen LogP contribution is 2.45. The first-order valence-electron chi connectivity index (χ1n) is 17.7. The number of carboxylic acid groups (broad SMARTS) is 1.